The van der Waals surface area contributed by atoms with Crippen molar-refractivity contribution in [2.24, 2.45) is 5.73 Å². The highest BCUT2D eigenvalue weighted by Gasteiger charge is 2.32. The first-order valence-electron chi connectivity index (χ1n) is 5.30. The average Bonchev–Trinajstić information content (AvgIpc) is 2.29. The number of carbonyl (C=O) groups is 1. The van der Waals surface area contributed by atoms with E-state index in [4.69, 9.17) is 34.0 Å². The lowest BCUT2D eigenvalue weighted by molar-refractivity contribution is -0.139. The van der Waals surface area contributed by atoms with Crippen molar-refractivity contribution in [2.45, 2.75) is 30.4 Å². The highest BCUT2D eigenvalue weighted by molar-refractivity contribution is 7.99. The molecule has 1 atom stereocenters. The van der Waals surface area contributed by atoms with Crippen molar-refractivity contribution in [1.82, 2.24) is 0 Å². The predicted molar refractivity (Wildman–Crippen MR) is 77.4 cm³/mol. The van der Waals surface area contributed by atoms with E-state index in [1.807, 2.05) is 0 Å². The number of halogens is 2. The van der Waals surface area contributed by atoms with Gasteiger partial charge in [-0.25, -0.2) is 0 Å². The van der Waals surface area contributed by atoms with Crippen molar-refractivity contribution in [2.75, 3.05) is 0 Å². The summed E-state index contributed by atoms with van der Waals surface area (Å²) in [5.74, 6) is -0.447. The molecule has 0 heterocycles. The van der Waals surface area contributed by atoms with Crippen LogP contribution in [-0.4, -0.2) is 21.9 Å². The highest BCUT2D eigenvalue weighted by atomic mass is 35.5. The fourth-order valence-corrected chi connectivity index (χ4v) is 2.81. The second-order valence-electron chi connectivity index (χ2n) is 4.44. The van der Waals surface area contributed by atoms with Crippen LogP contribution in [0.4, 0.5) is 0 Å². The van der Waals surface area contributed by atoms with Crippen LogP contribution in [0.3, 0.4) is 0 Å². The first-order valence-corrected chi connectivity index (χ1v) is 7.04. The Morgan fingerprint density at radius 2 is 2.11 bits per heavy atom. The average molecular weight is 308 g/mol. The number of benzene rings is 1. The molecule has 0 aliphatic heterocycles. The Bertz CT molecular complexity index is 452. The monoisotopic (exact) mass is 307 g/mol. The van der Waals surface area contributed by atoms with Crippen LogP contribution < -0.4 is 5.73 Å². The quantitative estimate of drug-likeness (QED) is 0.875. The summed E-state index contributed by atoms with van der Waals surface area (Å²) in [5.41, 5.74) is 6.52. The summed E-state index contributed by atoms with van der Waals surface area (Å²) in [6.07, 6.45) is 0. The molecular weight excluding hydrogens is 293 g/mol. The van der Waals surface area contributed by atoms with Gasteiger partial charge in [0.25, 0.3) is 0 Å². The topological polar surface area (TPSA) is 63.3 Å². The number of hydrogen-bond donors (Lipinski definition) is 2. The third kappa shape index (κ3) is 4.05. The largest absolute Gasteiger partial charge is 0.480 e. The van der Waals surface area contributed by atoms with Crippen LogP contribution >= 0.6 is 35.0 Å². The lowest BCUT2D eigenvalue weighted by Gasteiger charge is -2.28. The SMILES string of the molecule is CC(C)(SCc1cc(Cl)ccc1Cl)[C@H](N)C(=O)O. The maximum absolute atomic E-state index is 10.9. The molecule has 0 aliphatic rings. The van der Waals surface area contributed by atoms with Crippen molar-refractivity contribution in [3.05, 3.63) is 33.8 Å². The van der Waals surface area contributed by atoms with Crippen molar-refractivity contribution in [3.8, 4) is 0 Å². The number of rotatable bonds is 5. The van der Waals surface area contributed by atoms with Gasteiger partial charge in [0.15, 0.2) is 0 Å². The van der Waals surface area contributed by atoms with E-state index in [0.717, 1.165) is 5.56 Å². The molecule has 0 saturated carbocycles. The van der Waals surface area contributed by atoms with Gasteiger partial charge in [0, 0.05) is 20.5 Å². The van der Waals surface area contributed by atoms with E-state index in [-0.39, 0.29) is 0 Å². The molecule has 1 aromatic rings. The summed E-state index contributed by atoms with van der Waals surface area (Å²) in [6.45, 7) is 3.60. The molecule has 0 saturated heterocycles. The maximum atomic E-state index is 10.9. The Kier molecular flexibility index (Phi) is 5.34. The summed E-state index contributed by atoms with van der Waals surface area (Å²) in [5, 5.41) is 10.2. The number of carboxylic acids is 1. The van der Waals surface area contributed by atoms with Crippen LogP contribution in [0.2, 0.25) is 10.0 Å². The summed E-state index contributed by atoms with van der Waals surface area (Å²) >= 11 is 13.4. The van der Waals surface area contributed by atoms with Crippen molar-refractivity contribution >= 4 is 40.9 Å². The number of nitrogens with two attached hydrogens (primary N) is 1. The van der Waals surface area contributed by atoms with Gasteiger partial charge in [0.05, 0.1) is 0 Å². The molecule has 100 valence electrons. The van der Waals surface area contributed by atoms with Gasteiger partial charge in [0.2, 0.25) is 0 Å². The lowest BCUT2D eigenvalue weighted by Crippen LogP contribution is -2.46. The Morgan fingerprint density at radius 3 is 2.67 bits per heavy atom. The number of thioether (sulfide) groups is 1. The van der Waals surface area contributed by atoms with Crippen LogP contribution in [-0.2, 0) is 10.5 Å². The van der Waals surface area contributed by atoms with Crippen LogP contribution in [0.5, 0.6) is 0 Å². The van der Waals surface area contributed by atoms with E-state index >= 15 is 0 Å². The summed E-state index contributed by atoms with van der Waals surface area (Å²) in [4.78, 5) is 10.9. The molecule has 6 heteroatoms. The molecular formula is C12H15Cl2NO2S. The minimum absolute atomic E-state index is 0.563. The van der Waals surface area contributed by atoms with Gasteiger partial charge in [-0.1, -0.05) is 23.2 Å². The minimum atomic E-state index is -1.01. The molecule has 0 aliphatic carbocycles. The van der Waals surface area contributed by atoms with Gasteiger partial charge in [-0.2, -0.15) is 0 Å². The zero-order chi connectivity index (χ0) is 13.9. The first-order chi connectivity index (χ1) is 8.24. The molecule has 0 bridgehead atoms. The molecule has 18 heavy (non-hydrogen) atoms. The minimum Gasteiger partial charge on any atom is -0.480 e. The Balaban J connectivity index is 2.75. The molecule has 0 spiro atoms. The molecule has 3 N–H and O–H groups in total. The Hall–Kier alpha value is -0.420. The Labute approximate surface area is 121 Å². The second kappa shape index (κ2) is 6.15. The third-order valence-electron chi connectivity index (χ3n) is 2.62. The second-order valence-corrected chi connectivity index (χ2v) is 6.92. The van der Waals surface area contributed by atoms with Gasteiger partial charge < -0.3 is 10.8 Å². The predicted octanol–water partition coefficient (Wildman–Crippen LogP) is 3.42. The van der Waals surface area contributed by atoms with Crippen molar-refractivity contribution in [3.63, 3.8) is 0 Å². The molecule has 1 rings (SSSR count). The van der Waals surface area contributed by atoms with Crippen LogP contribution in [0.15, 0.2) is 18.2 Å². The smallest absolute Gasteiger partial charge is 0.321 e. The van der Waals surface area contributed by atoms with E-state index in [9.17, 15) is 4.79 Å². The number of carboxylic acid groups (broad SMARTS) is 1. The van der Waals surface area contributed by atoms with Gasteiger partial charge in [-0.15, -0.1) is 11.8 Å². The van der Waals surface area contributed by atoms with Crippen molar-refractivity contribution < 1.29 is 9.90 Å². The molecule has 1 aromatic carbocycles. The van der Waals surface area contributed by atoms with Crippen LogP contribution in [0.1, 0.15) is 19.4 Å². The number of aliphatic carboxylic acids is 1. The van der Waals surface area contributed by atoms with Gasteiger partial charge >= 0.3 is 5.97 Å². The summed E-state index contributed by atoms with van der Waals surface area (Å²) in [6, 6.07) is 4.29. The highest BCUT2D eigenvalue weighted by Crippen LogP contribution is 2.33. The van der Waals surface area contributed by atoms with Gasteiger partial charge in [0.1, 0.15) is 6.04 Å². The molecule has 0 aromatic heterocycles. The Morgan fingerprint density at radius 1 is 1.50 bits per heavy atom. The van der Waals surface area contributed by atoms with Crippen molar-refractivity contribution in [1.29, 1.82) is 0 Å². The summed E-state index contributed by atoms with van der Waals surface area (Å²) in [7, 11) is 0. The molecule has 0 fully saturated rings. The normalized spacial score (nSPS) is 13.4. The fraction of sp³-hybridized carbons (Fsp3) is 0.417. The van der Waals surface area contributed by atoms with Gasteiger partial charge in [-0.05, 0) is 37.6 Å². The van der Waals surface area contributed by atoms with Gasteiger partial charge in [-0.3, -0.25) is 4.79 Å². The van der Waals surface area contributed by atoms with Crippen LogP contribution in [0, 0.1) is 0 Å². The van der Waals surface area contributed by atoms with E-state index in [1.165, 1.54) is 11.8 Å². The molecule has 0 radical (unpaired) electrons. The zero-order valence-electron chi connectivity index (χ0n) is 10.1. The first kappa shape index (κ1) is 15.6. The van der Waals surface area contributed by atoms with E-state index < -0.39 is 16.8 Å². The number of hydrogen-bond acceptors (Lipinski definition) is 3. The van der Waals surface area contributed by atoms with E-state index in [0.29, 0.717) is 15.8 Å². The maximum Gasteiger partial charge on any atom is 0.321 e. The lowest BCUT2D eigenvalue weighted by atomic mass is 10.1. The molecule has 0 amide bonds. The van der Waals surface area contributed by atoms with Crippen LogP contribution in [0.25, 0.3) is 0 Å². The fourth-order valence-electron chi connectivity index (χ4n) is 1.30. The van der Waals surface area contributed by atoms with E-state index in [1.54, 1.807) is 32.0 Å². The standard InChI is InChI=1S/C12H15Cl2NO2S/c1-12(2,10(15)11(16)17)18-6-7-5-8(13)3-4-9(7)14/h3-5,10H,6,15H2,1-2H3,(H,16,17)/t10-/m1/s1. The molecule has 3 nitrogen and oxygen atoms in total. The third-order valence-corrected chi connectivity index (χ3v) is 4.68. The molecule has 0 unspecified atom stereocenters. The van der Waals surface area contributed by atoms with E-state index in [2.05, 4.69) is 0 Å². The summed E-state index contributed by atoms with van der Waals surface area (Å²) < 4.78 is -0.586. The zero-order valence-corrected chi connectivity index (χ0v) is 12.4.